The number of amides is 1. The van der Waals surface area contributed by atoms with Crippen LogP contribution in [0, 0.1) is 0 Å². The van der Waals surface area contributed by atoms with Gasteiger partial charge in [0.2, 0.25) is 0 Å². The number of anilines is 1. The molecule has 0 heterocycles. The fourth-order valence-electron chi connectivity index (χ4n) is 1.26. The molecule has 92 valence electrons. The van der Waals surface area contributed by atoms with Crippen molar-refractivity contribution < 1.29 is 4.79 Å². The molecule has 1 aromatic carbocycles. The number of halogens is 1. The fraction of sp³-hybridized carbons (Fsp3) is 0.273. The van der Waals surface area contributed by atoms with Crippen LogP contribution in [-0.4, -0.2) is 17.1 Å². The van der Waals surface area contributed by atoms with Crippen LogP contribution in [0.4, 0.5) is 5.69 Å². The molecule has 0 aliphatic rings. The first-order valence-corrected chi connectivity index (χ1v) is 5.85. The molecule has 0 spiro atoms. The first kappa shape index (κ1) is 13.7. The Morgan fingerprint density at radius 3 is 2.65 bits per heavy atom. The van der Waals surface area contributed by atoms with Crippen molar-refractivity contribution in [3.63, 3.8) is 0 Å². The van der Waals surface area contributed by atoms with Crippen molar-refractivity contribution in [3.05, 3.63) is 28.8 Å². The molecule has 0 fully saturated rings. The maximum absolute atomic E-state index is 11.8. The second-order valence-electron chi connectivity index (χ2n) is 3.81. The summed E-state index contributed by atoms with van der Waals surface area (Å²) in [6, 6.07) is 4.98. The lowest BCUT2D eigenvalue weighted by molar-refractivity contribution is 0.0943. The van der Waals surface area contributed by atoms with Crippen molar-refractivity contribution in [2.24, 2.45) is 5.73 Å². The van der Waals surface area contributed by atoms with Gasteiger partial charge in [0.15, 0.2) is 5.11 Å². The number of hydrogen-bond acceptors (Lipinski definition) is 2. The van der Waals surface area contributed by atoms with Gasteiger partial charge >= 0.3 is 0 Å². The van der Waals surface area contributed by atoms with Gasteiger partial charge in [-0.3, -0.25) is 4.79 Å². The summed E-state index contributed by atoms with van der Waals surface area (Å²) in [5.74, 6) is -0.225. The number of carbonyl (C=O) groups is 1. The third-order valence-electron chi connectivity index (χ3n) is 1.90. The van der Waals surface area contributed by atoms with Crippen LogP contribution in [0.3, 0.4) is 0 Å². The summed E-state index contributed by atoms with van der Waals surface area (Å²) in [5, 5.41) is 6.04. The van der Waals surface area contributed by atoms with Gasteiger partial charge in [-0.1, -0.05) is 11.6 Å². The van der Waals surface area contributed by atoms with E-state index in [1.165, 1.54) is 0 Å². The molecule has 1 aromatic rings. The minimum absolute atomic E-state index is 0.0470. The molecule has 0 radical (unpaired) electrons. The van der Waals surface area contributed by atoms with E-state index >= 15 is 0 Å². The summed E-state index contributed by atoms with van der Waals surface area (Å²) in [7, 11) is 0. The number of carbonyl (C=O) groups excluding carboxylic acids is 1. The minimum atomic E-state index is -0.225. The Balaban J connectivity index is 2.97. The summed E-state index contributed by atoms with van der Waals surface area (Å²) in [4.78, 5) is 11.8. The highest BCUT2D eigenvalue weighted by atomic mass is 35.5. The van der Waals surface area contributed by atoms with Gasteiger partial charge in [0.25, 0.3) is 5.91 Å². The minimum Gasteiger partial charge on any atom is -0.376 e. The zero-order valence-corrected chi connectivity index (χ0v) is 11.2. The van der Waals surface area contributed by atoms with Gasteiger partial charge in [0.05, 0.1) is 10.6 Å². The summed E-state index contributed by atoms with van der Waals surface area (Å²) < 4.78 is 0. The summed E-state index contributed by atoms with van der Waals surface area (Å²) in [5.41, 5.74) is 6.38. The zero-order valence-electron chi connectivity index (χ0n) is 9.58. The molecule has 1 rings (SSSR count). The molecule has 0 aromatic heterocycles. The number of thiocarbonyl (C=S) groups is 1. The van der Waals surface area contributed by atoms with Crippen LogP contribution in [0.5, 0.6) is 0 Å². The van der Waals surface area contributed by atoms with Gasteiger partial charge in [-0.2, -0.15) is 0 Å². The van der Waals surface area contributed by atoms with Crippen LogP contribution >= 0.6 is 23.8 Å². The van der Waals surface area contributed by atoms with E-state index in [9.17, 15) is 4.79 Å². The van der Waals surface area contributed by atoms with Crippen molar-refractivity contribution in [2.45, 2.75) is 19.9 Å². The fourth-order valence-corrected chi connectivity index (χ4v) is 1.58. The van der Waals surface area contributed by atoms with E-state index in [0.29, 0.717) is 16.3 Å². The van der Waals surface area contributed by atoms with Gasteiger partial charge in [-0.25, -0.2) is 0 Å². The molecule has 0 atom stereocenters. The lowest BCUT2D eigenvalue weighted by atomic mass is 10.1. The second kappa shape index (κ2) is 5.84. The summed E-state index contributed by atoms with van der Waals surface area (Å²) in [6.45, 7) is 3.76. The Morgan fingerprint density at radius 1 is 1.47 bits per heavy atom. The number of benzene rings is 1. The molecule has 0 saturated carbocycles. The van der Waals surface area contributed by atoms with E-state index < -0.39 is 0 Å². The molecule has 0 saturated heterocycles. The van der Waals surface area contributed by atoms with Crippen LogP contribution in [-0.2, 0) is 0 Å². The van der Waals surface area contributed by atoms with E-state index in [0.717, 1.165) is 0 Å². The van der Waals surface area contributed by atoms with Gasteiger partial charge in [0.1, 0.15) is 0 Å². The quantitative estimate of drug-likeness (QED) is 0.737. The van der Waals surface area contributed by atoms with Crippen molar-refractivity contribution in [3.8, 4) is 0 Å². The molecule has 0 aliphatic heterocycles. The van der Waals surface area contributed by atoms with E-state index in [2.05, 4.69) is 10.6 Å². The van der Waals surface area contributed by atoms with Crippen LogP contribution < -0.4 is 16.4 Å². The number of nitrogens with two attached hydrogens (primary N) is 1. The topological polar surface area (TPSA) is 67.2 Å². The summed E-state index contributed by atoms with van der Waals surface area (Å²) >= 11 is 10.7. The van der Waals surface area contributed by atoms with E-state index in [4.69, 9.17) is 29.6 Å². The van der Waals surface area contributed by atoms with E-state index in [1.807, 2.05) is 13.8 Å². The molecular weight excluding hydrogens is 258 g/mol. The average molecular weight is 272 g/mol. The van der Waals surface area contributed by atoms with E-state index in [-0.39, 0.29) is 17.1 Å². The Kier molecular flexibility index (Phi) is 4.72. The summed E-state index contributed by atoms with van der Waals surface area (Å²) in [6.07, 6.45) is 0. The molecule has 0 bridgehead atoms. The average Bonchev–Trinajstić information content (AvgIpc) is 2.19. The molecule has 4 N–H and O–H groups in total. The van der Waals surface area contributed by atoms with Crippen LogP contribution in [0.2, 0.25) is 5.02 Å². The lowest BCUT2D eigenvalue weighted by Crippen LogP contribution is -2.30. The highest BCUT2D eigenvalue weighted by Crippen LogP contribution is 2.20. The Morgan fingerprint density at radius 2 is 2.12 bits per heavy atom. The monoisotopic (exact) mass is 271 g/mol. The highest BCUT2D eigenvalue weighted by molar-refractivity contribution is 7.80. The van der Waals surface area contributed by atoms with E-state index in [1.54, 1.807) is 18.2 Å². The van der Waals surface area contributed by atoms with Gasteiger partial charge in [-0.05, 0) is 44.3 Å². The van der Waals surface area contributed by atoms with Crippen molar-refractivity contribution in [2.75, 3.05) is 5.32 Å². The van der Waals surface area contributed by atoms with Gasteiger partial charge in [0, 0.05) is 11.7 Å². The van der Waals surface area contributed by atoms with Crippen LogP contribution in [0.15, 0.2) is 18.2 Å². The predicted octanol–water partition coefficient (Wildman–Crippen LogP) is 2.13. The zero-order chi connectivity index (χ0) is 13.0. The van der Waals surface area contributed by atoms with Crippen molar-refractivity contribution in [1.82, 2.24) is 5.32 Å². The highest BCUT2D eigenvalue weighted by Gasteiger charge is 2.12. The lowest BCUT2D eigenvalue weighted by Gasteiger charge is -2.11. The smallest absolute Gasteiger partial charge is 0.253 e. The first-order chi connectivity index (χ1) is 7.90. The molecule has 4 nitrogen and oxygen atoms in total. The maximum atomic E-state index is 11.8. The van der Waals surface area contributed by atoms with Gasteiger partial charge < -0.3 is 16.4 Å². The third kappa shape index (κ3) is 4.20. The molecule has 1 amide bonds. The standard InChI is InChI=1S/C11H14ClN3OS/c1-6(2)14-10(16)8-5-7(15-11(13)17)3-4-9(8)12/h3-6H,1-2H3,(H,14,16)(H3,13,15,17). The Labute approximate surface area is 111 Å². The third-order valence-corrected chi connectivity index (χ3v) is 2.33. The number of nitrogens with one attached hydrogen (secondary N) is 2. The van der Waals surface area contributed by atoms with Crippen LogP contribution in [0.1, 0.15) is 24.2 Å². The molecular formula is C11H14ClN3OS. The normalized spacial score (nSPS) is 10.1. The molecule has 0 unspecified atom stereocenters. The van der Waals surface area contributed by atoms with Gasteiger partial charge in [-0.15, -0.1) is 0 Å². The van der Waals surface area contributed by atoms with Crippen molar-refractivity contribution >= 4 is 40.5 Å². The maximum Gasteiger partial charge on any atom is 0.253 e. The Hall–Kier alpha value is -1.33. The second-order valence-corrected chi connectivity index (χ2v) is 4.66. The first-order valence-electron chi connectivity index (χ1n) is 5.07. The predicted molar refractivity (Wildman–Crippen MR) is 74.5 cm³/mol. The van der Waals surface area contributed by atoms with Crippen molar-refractivity contribution in [1.29, 1.82) is 0 Å². The largest absolute Gasteiger partial charge is 0.376 e. The Bertz CT molecular complexity index is 448. The molecule has 6 heteroatoms. The number of rotatable bonds is 3. The SMILES string of the molecule is CC(C)NC(=O)c1cc(NC(N)=S)ccc1Cl. The molecule has 0 aliphatic carbocycles. The number of hydrogen-bond donors (Lipinski definition) is 3. The molecule has 17 heavy (non-hydrogen) atoms. The van der Waals surface area contributed by atoms with Crippen LogP contribution in [0.25, 0.3) is 0 Å².